The molecule has 8 heteroatoms. The monoisotopic (exact) mass is 363 g/mol. The first-order valence-electron chi connectivity index (χ1n) is 7.76. The molecule has 126 valence electrons. The largest absolute Gasteiger partial charge is 0.302 e. The lowest BCUT2D eigenvalue weighted by Gasteiger charge is -2.06. The summed E-state index contributed by atoms with van der Waals surface area (Å²) in [6.45, 7) is 7.05. The lowest BCUT2D eigenvalue weighted by Crippen LogP contribution is -1.99. The molecular formula is C16H18FN5S2. The number of benzene rings is 1. The highest BCUT2D eigenvalue weighted by atomic mass is 32.2. The SMILES string of the molecule is CCn1c(Sc2nc(CC(C)C)ns2)nnc1-c1ccc(F)cc1. The van der Waals surface area contributed by atoms with Gasteiger partial charge in [0, 0.05) is 18.5 Å². The summed E-state index contributed by atoms with van der Waals surface area (Å²) < 4.78 is 20.4. The molecular weight excluding hydrogens is 345 g/mol. The van der Waals surface area contributed by atoms with Crippen molar-refractivity contribution in [1.29, 1.82) is 0 Å². The Balaban J connectivity index is 1.84. The average molecular weight is 363 g/mol. The summed E-state index contributed by atoms with van der Waals surface area (Å²) in [7, 11) is 0. The van der Waals surface area contributed by atoms with E-state index in [1.54, 1.807) is 12.1 Å². The third-order valence-electron chi connectivity index (χ3n) is 3.35. The van der Waals surface area contributed by atoms with Gasteiger partial charge in [0.15, 0.2) is 15.3 Å². The van der Waals surface area contributed by atoms with Crippen LogP contribution in [0.1, 0.15) is 26.6 Å². The predicted octanol–water partition coefficient (Wildman–Crippen LogP) is 4.31. The molecule has 0 saturated carbocycles. The van der Waals surface area contributed by atoms with Gasteiger partial charge in [-0.15, -0.1) is 10.2 Å². The van der Waals surface area contributed by atoms with Crippen LogP contribution in [0.25, 0.3) is 11.4 Å². The maximum absolute atomic E-state index is 13.1. The van der Waals surface area contributed by atoms with E-state index in [9.17, 15) is 4.39 Å². The van der Waals surface area contributed by atoms with Crippen molar-refractivity contribution in [2.24, 2.45) is 5.92 Å². The van der Waals surface area contributed by atoms with Crippen molar-refractivity contribution >= 4 is 23.3 Å². The van der Waals surface area contributed by atoms with Crippen LogP contribution < -0.4 is 0 Å². The Labute approximate surface area is 148 Å². The van der Waals surface area contributed by atoms with Crippen LogP contribution in [0.2, 0.25) is 0 Å². The van der Waals surface area contributed by atoms with Gasteiger partial charge in [-0.3, -0.25) is 0 Å². The molecule has 0 aliphatic carbocycles. The minimum atomic E-state index is -0.262. The second-order valence-electron chi connectivity index (χ2n) is 5.73. The highest BCUT2D eigenvalue weighted by Gasteiger charge is 2.16. The Bertz CT molecular complexity index is 810. The standard InChI is InChI=1S/C16H18FN5S2/c1-4-22-14(11-5-7-12(17)8-6-11)19-20-15(22)23-16-18-13(21-24-16)9-10(2)3/h5-8,10H,4,9H2,1-3H3. The molecule has 5 nitrogen and oxygen atoms in total. The molecule has 0 saturated heterocycles. The second-order valence-corrected chi connectivity index (χ2v) is 7.70. The van der Waals surface area contributed by atoms with Crippen molar-refractivity contribution in [3.63, 3.8) is 0 Å². The lowest BCUT2D eigenvalue weighted by molar-refractivity contribution is 0.624. The molecule has 2 aromatic heterocycles. The Morgan fingerprint density at radius 2 is 1.96 bits per heavy atom. The molecule has 0 radical (unpaired) electrons. The lowest BCUT2D eigenvalue weighted by atomic mass is 10.1. The second kappa shape index (κ2) is 7.40. The van der Waals surface area contributed by atoms with Crippen molar-refractivity contribution in [3.8, 4) is 11.4 Å². The van der Waals surface area contributed by atoms with Crippen LogP contribution in [0, 0.1) is 11.7 Å². The summed E-state index contributed by atoms with van der Waals surface area (Å²) in [5.41, 5.74) is 0.843. The number of halogens is 1. The van der Waals surface area contributed by atoms with Gasteiger partial charge in [0.2, 0.25) is 0 Å². The molecule has 0 atom stereocenters. The molecule has 0 aliphatic heterocycles. The zero-order valence-corrected chi connectivity index (χ0v) is 15.4. The molecule has 2 heterocycles. The summed E-state index contributed by atoms with van der Waals surface area (Å²) in [6, 6.07) is 6.29. The number of rotatable bonds is 6. The van der Waals surface area contributed by atoms with E-state index in [0.29, 0.717) is 5.92 Å². The number of hydrogen-bond donors (Lipinski definition) is 0. The zero-order chi connectivity index (χ0) is 17.1. The fourth-order valence-electron chi connectivity index (χ4n) is 2.27. The molecule has 1 aromatic carbocycles. The Morgan fingerprint density at radius 1 is 1.21 bits per heavy atom. The number of aromatic nitrogens is 5. The van der Waals surface area contributed by atoms with E-state index >= 15 is 0 Å². The van der Waals surface area contributed by atoms with Gasteiger partial charge in [-0.1, -0.05) is 13.8 Å². The maximum Gasteiger partial charge on any atom is 0.198 e. The first-order chi connectivity index (χ1) is 11.6. The molecule has 0 amide bonds. The molecule has 3 aromatic rings. The Morgan fingerprint density at radius 3 is 2.62 bits per heavy atom. The summed E-state index contributed by atoms with van der Waals surface area (Å²) in [4.78, 5) is 4.55. The van der Waals surface area contributed by atoms with Gasteiger partial charge in [0.25, 0.3) is 0 Å². The molecule has 3 rings (SSSR count). The molecule has 24 heavy (non-hydrogen) atoms. The maximum atomic E-state index is 13.1. The van der Waals surface area contributed by atoms with Crippen molar-refractivity contribution in [3.05, 3.63) is 35.9 Å². The summed E-state index contributed by atoms with van der Waals surface area (Å²) >= 11 is 2.85. The van der Waals surface area contributed by atoms with Crippen LogP contribution in [0.15, 0.2) is 33.8 Å². The van der Waals surface area contributed by atoms with E-state index < -0.39 is 0 Å². The van der Waals surface area contributed by atoms with Crippen LogP contribution in [-0.4, -0.2) is 24.1 Å². The first-order valence-corrected chi connectivity index (χ1v) is 9.35. The highest BCUT2D eigenvalue weighted by molar-refractivity contribution is 8.00. The van der Waals surface area contributed by atoms with E-state index in [0.717, 1.165) is 39.7 Å². The van der Waals surface area contributed by atoms with Gasteiger partial charge < -0.3 is 4.57 Å². The normalized spacial score (nSPS) is 11.4. The van der Waals surface area contributed by atoms with E-state index in [2.05, 4.69) is 33.4 Å². The molecule has 0 unspecified atom stereocenters. The van der Waals surface area contributed by atoms with Crippen LogP contribution >= 0.6 is 23.3 Å². The van der Waals surface area contributed by atoms with Crippen LogP contribution in [0.4, 0.5) is 4.39 Å². The Hall–Kier alpha value is -1.80. The van der Waals surface area contributed by atoms with Gasteiger partial charge in [0.05, 0.1) is 0 Å². The van der Waals surface area contributed by atoms with Crippen molar-refractivity contribution in [2.75, 3.05) is 0 Å². The molecule has 0 bridgehead atoms. The van der Waals surface area contributed by atoms with Gasteiger partial charge in [-0.25, -0.2) is 9.37 Å². The summed E-state index contributed by atoms with van der Waals surface area (Å²) in [5.74, 6) is 1.87. The van der Waals surface area contributed by atoms with Gasteiger partial charge in [-0.2, -0.15) is 4.37 Å². The van der Waals surface area contributed by atoms with Crippen LogP contribution in [-0.2, 0) is 13.0 Å². The molecule has 0 spiro atoms. The fourth-order valence-corrected chi connectivity index (χ4v) is 3.91. The van der Waals surface area contributed by atoms with Crippen molar-refractivity contribution in [2.45, 2.75) is 43.2 Å². The molecule has 0 aliphatic rings. The van der Waals surface area contributed by atoms with Crippen LogP contribution in [0.3, 0.4) is 0 Å². The number of hydrogen-bond acceptors (Lipinski definition) is 6. The third-order valence-corrected chi connectivity index (χ3v) is 5.13. The zero-order valence-electron chi connectivity index (χ0n) is 13.7. The van der Waals surface area contributed by atoms with E-state index in [1.807, 2.05) is 11.5 Å². The topological polar surface area (TPSA) is 56.5 Å². The predicted molar refractivity (Wildman–Crippen MR) is 93.7 cm³/mol. The average Bonchev–Trinajstić information content (AvgIpc) is 3.14. The van der Waals surface area contributed by atoms with E-state index in [4.69, 9.17) is 0 Å². The number of nitrogens with zero attached hydrogens (tertiary/aromatic N) is 5. The van der Waals surface area contributed by atoms with E-state index in [-0.39, 0.29) is 5.82 Å². The minimum absolute atomic E-state index is 0.262. The minimum Gasteiger partial charge on any atom is -0.302 e. The summed E-state index contributed by atoms with van der Waals surface area (Å²) in [6.07, 6.45) is 0.873. The van der Waals surface area contributed by atoms with Gasteiger partial charge >= 0.3 is 0 Å². The molecule has 0 N–H and O–H groups in total. The molecule has 0 fully saturated rings. The fraction of sp³-hybridized carbons (Fsp3) is 0.375. The smallest absolute Gasteiger partial charge is 0.198 e. The van der Waals surface area contributed by atoms with Gasteiger partial charge in [-0.05, 0) is 60.4 Å². The third kappa shape index (κ3) is 3.81. The van der Waals surface area contributed by atoms with E-state index in [1.165, 1.54) is 35.4 Å². The Kier molecular flexibility index (Phi) is 5.25. The quantitative estimate of drug-likeness (QED) is 0.653. The van der Waals surface area contributed by atoms with Crippen LogP contribution in [0.5, 0.6) is 0 Å². The summed E-state index contributed by atoms with van der Waals surface area (Å²) in [5, 5.41) is 9.30. The highest BCUT2D eigenvalue weighted by Crippen LogP contribution is 2.31. The van der Waals surface area contributed by atoms with Crippen molar-refractivity contribution < 1.29 is 4.39 Å². The van der Waals surface area contributed by atoms with Gasteiger partial charge in [0.1, 0.15) is 11.6 Å². The van der Waals surface area contributed by atoms with Crippen molar-refractivity contribution in [1.82, 2.24) is 24.1 Å². The first kappa shape index (κ1) is 17.0.